The third-order valence-corrected chi connectivity index (χ3v) is 2.54. The molecule has 5 heteroatoms. The van der Waals surface area contributed by atoms with E-state index in [1.165, 1.54) is 6.20 Å². The second-order valence-electron chi connectivity index (χ2n) is 2.91. The fraction of sp³-hybridized carbons (Fsp3) is 0. The number of nitrogens with zero attached hydrogens (tertiary/aromatic N) is 1. The van der Waals surface area contributed by atoms with Crippen molar-refractivity contribution in [2.75, 3.05) is 0 Å². The highest BCUT2D eigenvalue weighted by Crippen LogP contribution is 2.25. The van der Waals surface area contributed by atoms with Gasteiger partial charge in [-0.1, -0.05) is 6.07 Å². The van der Waals surface area contributed by atoms with Crippen LogP contribution in [0.25, 0.3) is 11.4 Å². The molecule has 0 spiro atoms. The quantitative estimate of drug-likeness (QED) is 0.852. The fourth-order valence-electron chi connectivity index (χ4n) is 1.22. The van der Waals surface area contributed by atoms with Crippen molar-refractivity contribution in [3.05, 3.63) is 40.4 Å². The number of rotatable bonds is 2. The van der Waals surface area contributed by atoms with Gasteiger partial charge in [-0.3, -0.25) is 4.79 Å². The number of halogens is 2. The van der Waals surface area contributed by atoms with Gasteiger partial charge in [-0.25, -0.2) is 9.37 Å². The van der Waals surface area contributed by atoms with E-state index in [0.29, 0.717) is 27.8 Å². The van der Waals surface area contributed by atoms with Crippen LogP contribution in [0.3, 0.4) is 0 Å². The Morgan fingerprint density at radius 3 is 2.93 bits per heavy atom. The lowest BCUT2D eigenvalue weighted by Crippen LogP contribution is -1.88. The van der Waals surface area contributed by atoms with E-state index in [4.69, 9.17) is 0 Å². The van der Waals surface area contributed by atoms with Crippen molar-refractivity contribution in [2.45, 2.75) is 0 Å². The molecule has 2 rings (SSSR count). The normalized spacial score (nSPS) is 10.3. The van der Waals surface area contributed by atoms with Crippen LogP contribution in [0.1, 0.15) is 10.5 Å². The number of benzene rings is 1. The molecule has 1 N–H and O–H groups in total. The molecule has 76 valence electrons. The molecule has 0 aliphatic heterocycles. The van der Waals surface area contributed by atoms with Crippen molar-refractivity contribution in [1.82, 2.24) is 9.97 Å². The molecule has 1 heterocycles. The van der Waals surface area contributed by atoms with Crippen LogP contribution in [0.4, 0.5) is 4.39 Å². The summed E-state index contributed by atoms with van der Waals surface area (Å²) < 4.78 is 14.0. The van der Waals surface area contributed by atoms with Crippen LogP contribution >= 0.6 is 15.9 Å². The van der Waals surface area contributed by atoms with E-state index in [2.05, 4.69) is 25.9 Å². The van der Waals surface area contributed by atoms with E-state index in [1.54, 1.807) is 18.2 Å². The molecular weight excluding hydrogens is 263 g/mol. The van der Waals surface area contributed by atoms with Crippen molar-refractivity contribution in [1.29, 1.82) is 0 Å². The maximum atomic E-state index is 13.6. The molecule has 0 aliphatic rings. The molecule has 2 aromatic rings. The maximum absolute atomic E-state index is 13.6. The lowest BCUT2D eigenvalue weighted by Gasteiger charge is -2.00. The molecule has 3 nitrogen and oxygen atoms in total. The second kappa shape index (κ2) is 3.94. The average Bonchev–Trinajstić information content (AvgIpc) is 2.70. The first-order valence-corrected chi connectivity index (χ1v) is 4.96. The topological polar surface area (TPSA) is 45.8 Å². The second-order valence-corrected chi connectivity index (χ2v) is 3.76. The van der Waals surface area contributed by atoms with Crippen LogP contribution in [0.2, 0.25) is 0 Å². The van der Waals surface area contributed by atoms with Crippen molar-refractivity contribution < 1.29 is 9.18 Å². The summed E-state index contributed by atoms with van der Waals surface area (Å²) in [4.78, 5) is 17.0. The monoisotopic (exact) mass is 268 g/mol. The Morgan fingerprint density at radius 2 is 2.27 bits per heavy atom. The van der Waals surface area contributed by atoms with Crippen LogP contribution in [0.5, 0.6) is 0 Å². The van der Waals surface area contributed by atoms with Gasteiger partial charge >= 0.3 is 0 Å². The smallest absolute Gasteiger partial charge is 0.167 e. The Bertz CT molecular complexity index is 510. The Balaban J connectivity index is 2.53. The van der Waals surface area contributed by atoms with E-state index >= 15 is 0 Å². The number of nitrogens with one attached hydrogen (secondary N) is 1. The van der Waals surface area contributed by atoms with Gasteiger partial charge in [0.25, 0.3) is 0 Å². The number of hydrogen-bond acceptors (Lipinski definition) is 2. The summed E-state index contributed by atoms with van der Waals surface area (Å²) in [6.07, 6.45) is 2.00. The third kappa shape index (κ3) is 1.83. The summed E-state index contributed by atoms with van der Waals surface area (Å²) in [5, 5.41) is 0. The van der Waals surface area contributed by atoms with E-state index in [9.17, 15) is 9.18 Å². The lowest BCUT2D eigenvalue weighted by molar-refractivity contribution is 0.111. The number of imidazole rings is 1. The highest BCUT2D eigenvalue weighted by Gasteiger charge is 2.10. The molecule has 0 unspecified atom stereocenters. The minimum absolute atomic E-state index is 0.323. The van der Waals surface area contributed by atoms with Crippen LogP contribution in [0.15, 0.2) is 28.9 Å². The fourth-order valence-corrected chi connectivity index (χ4v) is 1.59. The highest BCUT2D eigenvalue weighted by molar-refractivity contribution is 9.10. The molecule has 0 amide bonds. The van der Waals surface area contributed by atoms with E-state index in [0.717, 1.165) is 0 Å². The van der Waals surface area contributed by atoms with Gasteiger partial charge in [-0.15, -0.1) is 0 Å². The van der Waals surface area contributed by atoms with Gasteiger partial charge in [0.15, 0.2) is 6.29 Å². The number of aromatic nitrogens is 2. The molecule has 0 bridgehead atoms. The molecule has 15 heavy (non-hydrogen) atoms. The maximum Gasteiger partial charge on any atom is 0.167 e. The number of carbonyl (C=O) groups is 1. The Hall–Kier alpha value is -1.49. The Kier molecular flexibility index (Phi) is 2.64. The predicted octanol–water partition coefficient (Wildman–Crippen LogP) is 2.79. The molecule has 1 aromatic carbocycles. The van der Waals surface area contributed by atoms with E-state index < -0.39 is 5.82 Å². The van der Waals surface area contributed by atoms with Gasteiger partial charge in [0, 0.05) is 0 Å². The van der Waals surface area contributed by atoms with Crippen molar-refractivity contribution in [3.63, 3.8) is 0 Å². The predicted molar refractivity (Wildman–Crippen MR) is 57.1 cm³/mol. The summed E-state index contributed by atoms with van der Waals surface area (Å²) in [6, 6.07) is 4.89. The van der Waals surface area contributed by atoms with Gasteiger partial charge in [-0.2, -0.15) is 0 Å². The third-order valence-electron chi connectivity index (χ3n) is 1.93. The SMILES string of the molecule is O=Cc1cnc(-c2cccc(Br)c2F)[nH]1. The first-order valence-electron chi connectivity index (χ1n) is 4.17. The minimum atomic E-state index is -0.399. The molecular formula is C10H6BrFN2O. The minimum Gasteiger partial charge on any atom is -0.336 e. The summed E-state index contributed by atoms with van der Waals surface area (Å²) in [5.74, 6) is -0.0554. The molecule has 0 atom stereocenters. The Morgan fingerprint density at radius 1 is 1.47 bits per heavy atom. The zero-order valence-corrected chi connectivity index (χ0v) is 9.08. The Labute approximate surface area is 93.5 Å². The molecule has 1 aromatic heterocycles. The standard InChI is InChI=1S/C10H6BrFN2O/c11-8-3-1-2-7(9(8)12)10-13-4-6(5-15)14-10/h1-5H,(H,13,14). The number of H-pyrrole nitrogens is 1. The number of carbonyl (C=O) groups excluding carboxylic acids is 1. The van der Waals surface area contributed by atoms with Gasteiger partial charge < -0.3 is 4.98 Å². The first kappa shape index (κ1) is 10.0. The largest absolute Gasteiger partial charge is 0.336 e. The van der Waals surface area contributed by atoms with Gasteiger partial charge in [0.05, 0.1) is 21.9 Å². The number of aldehydes is 1. The van der Waals surface area contributed by atoms with Crippen LogP contribution in [-0.4, -0.2) is 16.3 Å². The summed E-state index contributed by atoms with van der Waals surface area (Å²) >= 11 is 3.08. The number of aromatic amines is 1. The van der Waals surface area contributed by atoms with Gasteiger partial charge in [0.2, 0.25) is 0 Å². The molecule has 0 fully saturated rings. The summed E-state index contributed by atoms with van der Waals surface area (Å²) in [6.45, 7) is 0. The lowest BCUT2D eigenvalue weighted by atomic mass is 10.2. The average molecular weight is 269 g/mol. The van der Waals surface area contributed by atoms with E-state index in [-0.39, 0.29) is 0 Å². The van der Waals surface area contributed by atoms with Gasteiger partial charge in [0.1, 0.15) is 11.6 Å². The molecule has 0 saturated heterocycles. The summed E-state index contributed by atoms with van der Waals surface area (Å²) in [5.41, 5.74) is 0.654. The van der Waals surface area contributed by atoms with Gasteiger partial charge in [-0.05, 0) is 28.1 Å². The molecule has 0 radical (unpaired) electrons. The summed E-state index contributed by atoms with van der Waals surface area (Å²) in [7, 11) is 0. The zero-order chi connectivity index (χ0) is 10.8. The van der Waals surface area contributed by atoms with Crippen molar-refractivity contribution in [3.8, 4) is 11.4 Å². The van der Waals surface area contributed by atoms with Crippen LogP contribution < -0.4 is 0 Å². The zero-order valence-electron chi connectivity index (χ0n) is 7.50. The van der Waals surface area contributed by atoms with Crippen LogP contribution in [-0.2, 0) is 0 Å². The number of hydrogen-bond donors (Lipinski definition) is 1. The molecule has 0 aliphatic carbocycles. The van der Waals surface area contributed by atoms with E-state index in [1.807, 2.05) is 0 Å². The van der Waals surface area contributed by atoms with Crippen molar-refractivity contribution in [2.24, 2.45) is 0 Å². The van der Waals surface area contributed by atoms with Crippen LogP contribution in [0, 0.1) is 5.82 Å². The van der Waals surface area contributed by atoms with Crippen molar-refractivity contribution >= 4 is 22.2 Å². The molecule has 0 saturated carbocycles. The first-order chi connectivity index (χ1) is 7.22. The highest BCUT2D eigenvalue weighted by atomic mass is 79.9.